The average molecular weight is 238 g/mol. The predicted octanol–water partition coefficient (Wildman–Crippen LogP) is 1.94. The molecule has 1 aromatic heterocycles. The number of hydrogen-bond acceptors (Lipinski definition) is 2. The van der Waals surface area contributed by atoms with Crippen LogP contribution in [-0.4, -0.2) is 26.6 Å². The maximum atomic E-state index is 5.12. The molecule has 1 heterocycles. The summed E-state index contributed by atoms with van der Waals surface area (Å²) in [5.41, 5.74) is 1.04. The second-order valence-electron chi connectivity index (χ2n) is 2.59. The van der Waals surface area contributed by atoms with Crippen LogP contribution in [0.2, 0.25) is 0 Å². The van der Waals surface area contributed by atoms with Gasteiger partial charge in [-0.15, -0.1) is 0 Å². The van der Waals surface area contributed by atoms with Gasteiger partial charge in [-0.3, -0.25) is 0 Å². The number of nitrogens with zero attached hydrogens (tertiary/aromatic N) is 1. The zero-order chi connectivity index (χ0) is 9.26. The van der Waals surface area contributed by atoms with Crippen molar-refractivity contribution < 1.29 is 4.74 Å². The molecular formula is C10H9NOSe. The van der Waals surface area contributed by atoms with Crippen molar-refractivity contribution in [3.63, 3.8) is 0 Å². The molecule has 2 rings (SSSR count). The van der Waals surface area contributed by atoms with E-state index >= 15 is 0 Å². The first-order valence-electron chi connectivity index (χ1n) is 3.90. The fraction of sp³-hybridized carbons (Fsp3) is 0.100. The fourth-order valence-electron chi connectivity index (χ4n) is 1.14. The second-order valence-corrected chi connectivity index (χ2v) is 4.82. The Morgan fingerprint density at radius 3 is 3.08 bits per heavy atom. The summed E-state index contributed by atoms with van der Waals surface area (Å²) < 4.78 is 7.52. The number of ether oxygens (including phenoxy) is 1. The summed E-state index contributed by atoms with van der Waals surface area (Å²) in [6, 6.07) is 6.02. The Balaban J connectivity index is 2.63. The van der Waals surface area contributed by atoms with Crippen molar-refractivity contribution in [3.8, 4) is 5.75 Å². The topological polar surface area (TPSA) is 22.1 Å². The summed E-state index contributed by atoms with van der Waals surface area (Å²) in [6.07, 6.45) is 1.83. The SMILES string of the molecule is C=Cc1nc2cc(OC)ccc2[se]1. The molecule has 0 aliphatic heterocycles. The quantitative estimate of drug-likeness (QED) is 0.746. The first-order valence-corrected chi connectivity index (χ1v) is 5.62. The first kappa shape index (κ1) is 8.54. The molecule has 0 saturated carbocycles. The van der Waals surface area contributed by atoms with Crippen LogP contribution >= 0.6 is 0 Å². The van der Waals surface area contributed by atoms with Crippen molar-refractivity contribution in [2.75, 3.05) is 7.11 Å². The number of aromatic nitrogens is 1. The van der Waals surface area contributed by atoms with Crippen LogP contribution in [-0.2, 0) is 0 Å². The van der Waals surface area contributed by atoms with Gasteiger partial charge in [0, 0.05) is 0 Å². The third kappa shape index (κ3) is 1.53. The average Bonchev–Trinajstić information content (AvgIpc) is 2.58. The van der Waals surface area contributed by atoms with E-state index in [1.54, 1.807) is 7.11 Å². The van der Waals surface area contributed by atoms with E-state index in [2.05, 4.69) is 17.6 Å². The summed E-state index contributed by atoms with van der Waals surface area (Å²) in [5.74, 6) is 0.864. The van der Waals surface area contributed by atoms with E-state index < -0.39 is 0 Å². The van der Waals surface area contributed by atoms with Crippen LogP contribution in [0.4, 0.5) is 0 Å². The Hall–Kier alpha value is -1.05. The van der Waals surface area contributed by atoms with Gasteiger partial charge in [0.15, 0.2) is 0 Å². The molecule has 0 radical (unpaired) electrons. The summed E-state index contributed by atoms with van der Waals surface area (Å²) in [4.78, 5) is 4.43. The van der Waals surface area contributed by atoms with Gasteiger partial charge >= 0.3 is 82.3 Å². The Labute approximate surface area is 82.6 Å². The van der Waals surface area contributed by atoms with Crippen LogP contribution in [0.25, 0.3) is 15.9 Å². The van der Waals surface area contributed by atoms with Gasteiger partial charge in [-0.2, -0.15) is 0 Å². The first-order chi connectivity index (χ1) is 6.33. The Morgan fingerprint density at radius 2 is 2.38 bits per heavy atom. The molecule has 1 aromatic carbocycles. The minimum absolute atomic E-state index is 0.337. The molecule has 0 amide bonds. The number of rotatable bonds is 2. The van der Waals surface area contributed by atoms with Crippen LogP contribution in [0.1, 0.15) is 4.57 Å². The van der Waals surface area contributed by atoms with E-state index in [0.717, 1.165) is 15.8 Å². The molecule has 13 heavy (non-hydrogen) atoms. The molecule has 0 saturated heterocycles. The van der Waals surface area contributed by atoms with Gasteiger partial charge in [0.1, 0.15) is 0 Å². The van der Waals surface area contributed by atoms with Crippen molar-refractivity contribution in [1.82, 2.24) is 4.98 Å². The normalized spacial score (nSPS) is 10.2. The van der Waals surface area contributed by atoms with Crippen molar-refractivity contribution >= 4 is 30.4 Å². The third-order valence-electron chi connectivity index (χ3n) is 1.79. The van der Waals surface area contributed by atoms with Crippen LogP contribution in [0.3, 0.4) is 0 Å². The number of fused-ring (bicyclic) bond motifs is 1. The standard InChI is InChI=1S/C10H9NOSe/c1-3-10-11-8-6-7(12-2)4-5-9(8)13-10/h3-6H,1H2,2H3. The van der Waals surface area contributed by atoms with Gasteiger partial charge in [-0.05, 0) is 0 Å². The van der Waals surface area contributed by atoms with Crippen molar-refractivity contribution in [3.05, 3.63) is 29.3 Å². The molecule has 0 spiro atoms. The Bertz CT molecular complexity index is 447. The third-order valence-corrected chi connectivity index (χ3v) is 3.95. The van der Waals surface area contributed by atoms with Crippen LogP contribution in [0.5, 0.6) is 5.75 Å². The zero-order valence-electron chi connectivity index (χ0n) is 7.28. The van der Waals surface area contributed by atoms with Crippen LogP contribution in [0, 0.1) is 0 Å². The van der Waals surface area contributed by atoms with Gasteiger partial charge in [-0.1, -0.05) is 0 Å². The van der Waals surface area contributed by atoms with Crippen LogP contribution < -0.4 is 4.74 Å². The second kappa shape index (κ2) is 3.36. The molecule has 0 bridgehead atoms. The van der Waals surface area contributed by atoms with Crippen molar-refractivity contribution in [2.24, 2.45) is 0 Å². The summed E-state index contributed by atoms with van der Waals surface area (Å²) in [6.45, 7) is 3.72. The molecule has 0 aliphatic rings. The fourth-order valence-corrected chi connectivity index (χ4v) is 2.81. The van der Waals surface area contributed by atoms with Crippen LogP contribution in [0.15, 0.2) is 24.8 Å². The molecule has 0 N–H and O–H groups in total. The molecule has 0 atom stereocenters. The predicted molar refractivity (Wildman–Crippen MR) is 55.3 cm³/mol. The molecule has 0 fully saturated rings. The van der Waals surface area contributed by atoms with E-state index in [1.807, 2.05) is 18.2 Å². The number of methoxy groups -OCH3 is 1. The van der Waals surface area contributed by atoms with E-state index in [4.69, 9.17) is 4.74 Å². The van der Waals surface area contributed by atoms with Gasteiger partial charge in [0.2, 0.25) is 0 Å². The molecule has 2 aromatic rings. The number of benzene rings is 1. The van der Waals surface area contributed by atoms with E-state index in [-0.39, 0.29) is 0 Å². The van der Waals surface area contributed by atoms with Gasteiger partial charge in [-0.25, -0.2) is 0 Å². The van der Waals surface area contributed by atoms with Gasteiger partial charge in [0.25, 0.3) is 0 Å². The monoisotopic (exact) mass is 239 g/mol. The molecular weight excluding hydrogens is 229 g/mol. The maximum absolute atomic E-state index is 5.12. The Morgan fingerprint density at radius 1 is 1.54 bits per heavy atom. The summed E-state index contributed by atoms with van der Waals surface area (Å²) in [7, 11) is 1.67. The summed E-state index contributed by atoms with van der Waals surface area (Å²) in [5, 5.41) is 0. The Kier molecular flexibility index (Phi) is 2.21. The van der Waals surface area contributed by atoms with E-state index in [9.17, 15) is 0 Å². The van der Waals surface area contributed by atoms with Crippen molar-refractivity contribution in [2.45, 2.75) is 0 Å². The van der Waals surface area contributed by atoms with Gasteiger partial charge < -0.3 is 0 Å². The van der Waals surface area contributed by atoms with E-state index in [1.165, 1.54) is 4.26 Å². The van der Waals surface area contributed by atoms with Gasteiger partial charge in [0.05, 0.1) is 0 Å². The molecule has 3 heteroatoms. The summed E-state index contributed by atoms with van der Waals surface area (Å²) >= 11 is 0.337. The number of hydrogen-bond donors (Lipinski definition) is 0. The molecule has 2 nitrogen and oxygen atoms in total. The van der Waals surface area contributed by atoms with Crippen molar-refractivity contribution in [1.29, 1.82) is 0 Å². The molecule has 0 aliphatic carbocycles. The molecule has 0 unspecified atom stereocenters. The molecule has 66 valence electrons. The van der Waals surface area contributed by atoms with E-state index in [0.29, 0.717) is 14.5 Å². The minimum atomic E-state index is 0.337. The zero-order valence-corrected chi connectivity index (χ0v) is 8.99.